The molecule has 0 radical (unpaired) electrons. The molecule has 1 aliphatic carbocycles. The van der Waals surface area contributed by atoms with Crippen LogP contribution in [0.15, 0.2) is 24.3 Å². The van der Waals surface area contributed by atoms with Gasteiger partial charge in [-0.05, 0) is 30.9 Å². The number of ether oxygens (including phenoxy) is 1. The van der Waals surface area contributed by atoms with Crippen LogP contribution in [0.25, 0.3) is 0 Å². The second kappa shape index (κ2) is 5.73. The topological polar surface area (TPSA) is 50.4 Å². The fraction of sp³-hybridized carbons (Fsp3) is 0.562. The van der Waals surface area contributed by atoms with Crippen LogP contribution in [0.5, 0.6) is 5.75 Å². The molecule has 20 heavy (non-hydrogen) atoms. The Balaban J connectivity index is 1.57. The first-order valence-corrected chi connectivity index (χ1v) is 7.56. The van der Waals surface area contributed by atoms with E-state index in [0.717, 1.165) is 30.2 Å². The predicted molar refractivity (Wildman–Crippen MR) is 78.9 cm³/mol. The maximum atomic E-state index is 12.3. The van der Waals surface area contributed by atoms with Crippen LogP contribution in [0.1, 0.15) is 32.6 Å². The summed E-state index contributed by atoms with van der Waals surface area (Å²) in [6.07, 6.45) is 4.30. The van der Waals surface area contributed by atoms with E-state index in [2.05, 4.69) is 17.6 Å². The standard InChI is InChI=1S/C16H22N2O2/c1-2-12(9-11-7-8-11)18-16(19)15-10-17-13-5-3-4-6-14(13)20-15/h3-6,11-12,15,17H,2,7-10H2,1H3,(H,18,19). The van der Waals surface area contributed by atoms with E-state index in [1.54, 1.807) is 0 Å². The molecule has 1 heterocycles. The molecule has 0 saturated heterocycles. The molecule has 108 valence electrons. The molecular formula is C16H22N2O2. The van der Waals surface area contributed by atoms with Crippen molar-refractivity contribution < 1.29 is 9.53 Å². The largest absolute Gasteiger partial charge is 0.477 e. The normalized spacial score (nSPS) is 22.1. The first-order chi connectivity index (χ1) is 9.76. The molecule has 2 unspecified atom stereocenters. The van der Waals surface area contributed by atoms with E-state index in [1.807, 2.05) is 24.3 Å². The van der Waals surface area contributed by atoms with E-state index in [0.29, 0.717) is 6.54 Å². The molecule has 2 N–H and O–H groups in total. The van der Waals surface area contributed by atoms with Gasteiger partial charge in [0.2, 0.25) is 0 Å². The number of hydrogen-bond acceptors (Lipinski definition) is 3. The van der Waals surface area contributed by atoms with Crippen LogP contribution in [0.4, 0.5) is 5.69 Å². The van der Waals surface area contributed by atoms with Gasteiger partial charge < -0.3 is 15.4 Å². The minimum atomic E-state index is -0.432. The monoisotopic (exact) mass is 274 g/mol. The lowest BCUT2D eigenvalue weighted by atomic mass is 10.1. The van der Waals surface area contributed by atoms with Crippen molar-refractivity contribution in [2.24, 2.45) is 5.92 Å². The molecule has 2 atom stereocenters. The van der Waals surface area contributed by atoms with Crippen molar-refractivity contribution in [3.05, 3.63) is 24.3 Å². The summed E-state index contributed by atoms with van der Waals surface area (Å²) in [7, 11) is 0. The maximum Gasteiger partial charge on any atom is 0.263 e. The highest BCUT2D eigenvalue weighted by Crippen LogP contribution is 2.34. The fourth-order valence-corrected chi connectivity index (χ4v) is 2.64. The Kier molecular flexibility index (Phi) is 3.81. The Hall–Kier alpha value is -1.71. The number of para-hydroxylation sites is 2. The van der Waals surface area contributed by atoms with Gasteiger partial charge in [-0.25, -0.2) is 0 Å². The van der Waals surface area contributed by atoms with Gasteiger partial charge in [0.05, 0.1) is 12.2 Å². The van der Waals surface area contributed by atoms with Crippen LogP contribution in [0, 0.1) is 5.92 Å². The van der Waals surface area contributed by atoms with Gasteiger partial charge in [0.1, 0.15) is 5.75 Å². The SMILES string of the molecule is CCC(CC1CC1)NC(=O)C1CNc2ccccc2O1. The number of carbonyl (C=O) groups excluding carboxylic acids is 1. The van der Waals surface area contributed by atoms with Gasteiger partial charge in [0, 0.05) is 6.04 Å². The summed E-state index contributed by atoms with van der Waals surface area (Å²) in [5.41, 5.74) is 0.960. The Morgan fingerprint density at radius 2 is 2.25 bits per heavy atom. The summed E-state index contributed by atoms with van der Waals surface area (Å²) in [4.78, 5) is 12.3. The number of anilines is 1. The molecule has 3 rings (SSSR count). The zero-order valence-electron chi connectivity index (χ0n) is 11.9. The Bertz CT molecular complexity index is 485. The van der Waals surface area contributed by atoms with Crippen molar-refractivity contribution in [3.63, 3.8) is 0 Å². The highest BCUT2D eigenvalue weighted by Gasteiger charge is 2.29. The summed E-state index contributed by atoms with van der Waals surface area (Å²) in [5, 5.41) is 6.39. The highest BCUT2D eigenvalue weighted by molar-refractivity contribution is 5.83. The van der Waals surface area contributed by atoms with Crippen LogP contribution in [0.3, 0.4) is 0 Å². The van der Waals surface area contributed by atoms with Crippen LogP contribution < -0.4 is 15.4 Å². The number of carbonyl (C=O) groups is 1. The van der Waals surface area contributed by atoms with E-state index in [1.165, 1.54) is 12.8 Å². The first kappa shape index (κ1) is 13.3. The van der Waals surface area contributed by atoms with Gasteiger partial charge in [-0.2, -0.15) is 0 Å². The summed E-state index contributed by atoms with van der Waals surface area (Å²) in [6.45, 7) is 2.66. The lowest BCUT2D eigenvalue weighted by molar-refractivity contribution is -0.128. The first-order valence-electron chi connectivity index (χ1n) is 7.56. The molecule has 4 heteroatoms. The van der Waals surface area contributed by atoms with Crippen LogP contribution >= 0.6 is 0 Å². The summed E-state index contributed by atoms with van der Waals surface area (Å²) in [6, 6.07) is 8.02. The molecule has 1 aromatic rings. The summed E-state index contributed by atoms with van der Waals surface area (Å²) < 4.78 is 5.79. The van der Waals surface area contributed by atoms with Gasteiger partial charge in [-0.1, -0.05) is 31.9 Å². The highest BCUT2D eigenvalue weighted by atomic mass is 16.5. The van der Waals surface area contributed by atoms with Crippen LogP contribution in [-0.2, 0) is 4.79 Å². The van der Waals surface area contributed by atoms with Crippen LogP contribution in [-0.4, -0.2) is 24.6 Å². The summed E-state index contributed by atoms with van der Waals surface area (Å²) >= 11 is 0. The zero-order chi connectivity index (χ0) is 13.9. The van der Waals surface area contributed by atoms with Crippen molar-refractivity contribution in [2.75, 3.05) is 11.9 Å². The lowest BCUT2D eigenvalue weighted by Crippen LogP contribution is -2.48. The molecule has 1 aromatic carbocycles. The smallest absolute Gasteiger partial charge is 0.263 e. The van der Waals surface area contributed by atoms with E-state index >= 15 is 0 Å². The van der Waals surface area contributed by atoms with E-state index in [4.69, 9.17) is 4.74 Å². The number of amides is 1. The van der Waals surface area contributed by atoms with Crippen molar-refractivity contribution in [1.82, 2.24) is 5.32 Å². The summed E-state index contributed by atoms with van der Waals surface area (Å²) in [5.74, 6) is 1.58. The maximum absolute atomic E-state index is 12.3. The van der Waals surface area contributed by atoms with Gasteiger partial charge in [0.15, 0.2) is 6.10 Å². The van der Waals surface area contributed by atoms with Crippen molar-refractivity contribution >= 4 is 11.6 Å². The van der Waals surface area contributed by atoms with Gasteiger partial charge in [0.25, 0.3) is 5.91 Å². The molecule has 4 nitrogen and oxygen atoms in total. The number of fused-ring (bicyclic) bond motifs is 1. The third-order valence-electron chi connectivity index (χ3n) is 4.08. The molecule has 1 saturated carbocycles. The van der Waals surface area contributed by atoms with E-state index in [-0.39, 0.29) is 11.9 Å². The lowest BCUT2D eigenvalue weighted by Gasteiger charge is -2.28. The molecular weight excluding hydrogens is 252 g/mol. The molecule has 1 amide bonds. The van der Waals surface area contributed by atoms with Gasteiger partial charge >= 0.3 is 0 Å². The average Bonchev–Trinajstić information content (AvgIpc) is 3.30. The number of nitrogens with one attached hydrogen (secondary N) is 2. The van der Waals surface area contributed by atoms with Crippen molar-refractivity contribution in [2.45, 2.75) is 44.8 Å². The molecule has 2 aliphatic rings. The Morgan fingerprint density at radius 3 is 3.00 bits per heavy atom. The quantitative estimate of drug-likeness (QED) is 0.867. The average molecular weight is 274 g/mol. The minimum Gasteiger partial charge on any atom is -0.477 e. The van der Waals surface area contributed by atoms with Crippen molar-refractivity contribution in [1.29, 1.82) is 0 Å². The van der Waals surface area contributed by atoms with Crippen LogP contribution in [0.2, 0.25) is 0 Å². The van der Waals surface area contributed by atoms with Gasteiger partial charge in [-0.3, -0.25) is 4.79 Å². The van der Waals surface area contributed by atoms with E-state index < -0.39 is 6.10 Å². The molecule has 0 spiro atoms. The molecule has 1 fully saturated rings. The van der Waals surface area contributed by atoms with E-state index in [9.17, 15) is 4.79 Å². The third-order valence-corrected chi connectivity index (χ3v) is 4.08. The molecule has 0 bridgehead atoms. The Labute approximate surface area is 119 Å². The second-order valence-electron chi connectivity index (χ2n) is 5.78. The third kappa shape index (κ3) is 3.06. The number of hydrogen-bond donors (Lipinski definition) is 2. The van der Waals surface area contributed by atoms with Gasteiger partial charge in [-0.15, -0.1) is 0 Å². The predicted octanol–water partition coefficient (Wildman–Crippen LogP) is 2.55. The Morgan fingerprint density at radius 1 is 1.45 bits per heavy atom. The zero-order valence-corrected chi connectivity index (χ0v) is 11.9. The molecule has 0 aromatic heterocycles. The van der Waals surface area contributed by atoms with Crippen molar-refractivity contribution in [3.8, 4) is 5.75 Å². The minimum absolute atomic E-state index is 0.000460. The second-order valence-corrected chi connectivity index (χ2v) is 5.78. The fourth-order valence-electron chi connectivity index (χ4n) is 2.64. The number of benzene rings is 1. The molecule has 1 aliphatic heterocycles. The number of rotatable bonds is 5.